The fraction of sp³-hybridized carbons (Fsp3) is 0.391. The minimum atomic E-state index is -3.88. The molecule has 2 aromatic carbocycles. The number of ether oxygens (including phenoxy) is 1. The first-order valence-electron chi connectivity index (χ1n) is 10.9. The summed E-state index contributed by atoms with van der Waals surface area (Å²) >= 11 is 6.58. The number of urea groups is 1. The molecule has 9 nitrogen and oxygen atoms in total. The van der Waals surface area contributed by atoms with Gasteiger partial charge in [0.2, 0.25) is 10.0 Å². The van der Waals surface area contributed by atoms with Gasteiger partial charge in [-0.3, -0.25) is 0 Å². The van der Waals surface area contributed by atoms with Gasteiger partial charge in [0, 0.05) is 33.8 Å². The quantitative estimate of drug-likeness (QED) is 0.428. The van der Waals surface area contributed by atoms with Crippen LogP contribution in [-0.2, 0) is 14.8 Å². The summed E-state index contributed by atoms with van der Waals surface area (Å²) in [4.78, 5) is 26.8. The van der Waals surface area contributed by atoms with Crippen LogP contribution in [0.25, 0.3) is 0 Å². The Hall–Kier alpha value is -2.15. The van der Waals surface area contributed by atoms with E-state index in [4.69, 9.17) is 4.74 Å². The number of anilines is 1. The predicted octanol–water partition coefficient (Wildman–Crippen LogP) is 4.69. The number of benzene rings is 2. The van der Waals surface area contributed by atoms with Gasteiger partial charge >= 0.3 is 12.1 Å². The van der Waals surface area contributed by atoms with Crippen molar-refractivity contribution in [3.8, 4) is 0 Å². The maximum absolute atomic E-state index is 13.1. The molecule has 0 aromatic heterocycles. The second kappa shape index (κ2) is 11.3. The third-order valence-electron chi connectivity index (χ3n) is 5.08. The Morgan fingerprint density at radius 3 is 2.46 bits per heavy atom. The van der Waals surface area contributed by atoms with E-state index in [0.717, 1.165) is 0 Å². The average Bonchev–Trinajstić information content (AvgIpc) is 3.15. The number of carbonyl (C=O) groups is 2. The summed E-state index contributed by atoms with van der Waals surface area (Å²) in [6, 6.07) is 12.4. The molecule has 3 rings (SSSR count). The first-order chi connectivity index (χ1) is 16.3. The van der Waals surface area contributed by atoms with Gasteiger partial charge in [0.25, 0.3) is 0 Å². The van der Waals surface area contributed by atoms with Gasteiger partial charge in [-0.05, 0) is 73.5 Å². The van der Waals surface area contributed by atoms with Gasteiger partial charge in [-0.15, -0.1) is 0 Å². The highest BCUT2D eigenvalue weighted by Crippen LogP contribution is 2.28. The molecule has 3 N–H and O–H groups in total. The first-order valence-corrected chi connectivity index (χ1v) is 14.0. The number of rotatable bonds is 6. The lowest BCUT2D eigenvalue weighted by Gasteiger charge is -2.28. The Morgan fingerprint density at radius 1 is 1.11 bits per heavy atom. The third-order valence-corrected chi connectivity index (χ3v) is 8.08. The molecule has 1 heterocycles. The Labute approximate surface area is 222 Å². The summed E-state index contributed by atoms with van der Waals surface area (Å²) in [5.41, 5.74) is -0.0935. The van der Waals surface area contributed by atoms with Crippen LogP contribution in [0.15, 0.2) is 62.4 Å². The van der Waals surface area contributed by atoms with E-state index in [2.05, 4.69) is 47.2 Å². The number of amides is 3. The molecule has 1 fully saturated rings. The lowest BCUT2D eigenvalue weighted by Crippen LogP contribution is -2.46. The van der Waals surface area contributed by atoms with Crippen molar-refractivity contribution in [2.24, 2.45) is 0 Å². The Balaban J connectivity index is 1.72. The highest BCUT2D eigenvalue weighted by Gasteiger charge is 2.39. The van der Waals surface area contributed by atoms with Crippen LogP contribution >= 0.6 is 31.9 Å². The van der Waals surface area contributed by atoms with Crippen LogP contribution in [0.1, 0.15) is 27.2 Å². The molecule has 2 atom stereocenters. The number of likely N-dealkylation sites (tertiary alicyclic amines) is 1. The molecular weight excluding hydrogens is 604 g/mol. The summed E-state index contributed by atoms with van der Waals surface area (Å²) in [7, 11) is -3.88. The molecule has 1 aliphatic heterocycles. The van der Waals surface area contributed by atoms with Gasteiger partial charge < -0.3 is 20.3 Å². The molecule has 0 bridgehead atoms. The number of halogens is 2. The van der Waals surface area contributed by atoms with Crippen molar-refractivity contribution in [2.45, 2.75) is 49.8 Å². The summed E-state index contributed by atoms with van der Waals surface area (Å²) in [6.45, 7) is 5.49. The van der Waals surface area contributed by atoms with Crippen molar-refractivity contribution in [1.82, 2.24) is 14.9 Å². The van der Waals surface area contributed by atoms with E-state index in [-0.39, 0.29) is 18.0 Å². The van der Waals surface area contributed by atoms with E-state index in [9.17, 15) is 18.0 Å². The third kappa shape index (κ3) is 7.92. The molecule has 190 valence electrons. The van der Waals surface area contributed by atoms with E-state index < -0.39 is 39.8 Å². The summed E-state index contributed by atoms with van der Waals surface area (Å²) in [5.74, 6) is 0. The number of sulfonamides is 1. The van der Waals surface area contributed by atoms with E-state index in [1.807, 2.05) is 6.07 Å². The molecular formula is C23H28Br2N4O5S. The highest BCUT2D eigenvalue weighted by atomic mass is 79.9. The maximum Gasteiger partial charge on any atom is 0.410 e. The van der Waals surface area contributed by atoms with Crippen LogP contribution in [-0.4, -0.2) is 56.2 Å². The molecule has 1 aliphatic rings. The Morgan fingerprint density at radius 2 is 1.80 bits per heavy atom. The topological polar surface area (TPSA) is 117 Å². The summed E-state index contributed by atoms with van der Waals surface area (Å²) in [6.07, 6.45) is -0.270. The zero-order valence-corrected chi connectivity index (χ0v) is 23.5. The van der Waals surface area contributed by atoms with Crippen LogP contribution in [0.2, 0.25) is 0 Å². The van der Waals surface area contributed by atoms with Crippen LogP contribution < -0.4 is 15.4 Å². The smallest absolute Gasteiger partial charge is 0.410 e. The minimum Gasteiger partial charge on any atom is -0.444 e. The Bertz CT molecular complexity index is 1170. The molecule has 2 aromatic rings. The van der Waals surface area contributed by atoms with Crippen molar-refractivity contribution >= 4 is 59.7 Å². The molecule has 12 heteroatoms. The van der Waals surface area contributed by atoms with E-state index in [1.54, 1.807) is 57.2 Å². The number of nitrogens with one attached hydrogen (secondary N) is 3. The van der Waals surface area contributed by atoms with Crippen LogP contribution in [0.5, 0.6) is 0 Å². The van der Waals surface area contributed by atoms with E-state index >= 15 is 0 Å². The maximum atomic E-state index is 13.1. The number of hydrogen-bond donors (Lipinski definition) is 3. The fourth-order valence-corrected chi connectivity index (χ4v) is 6.36. The molecule has 0 saturated carbocycles. The predicted molar refractivity (Wildman–Crippen MR) is 141 cm³/mol. The number of para-hydroxylation sites is 1. The monoisotopic (exact) mass is 630 g/mol. The molecule has 1 saturated heterocycles. The van der Waals surface area contributed by atoms with Gasteiger partial charge in [0.1, 0.15) is 5.60 Å². The largest absolute Gasteiger partial charge is 0.444 e. The molecule has 3 amide bonds. The van der Waals surface area contributed by atoms with Crippen molar-refractivity contribution in [3.05, 3.63) is 57.5 Å². The molecule has 35 heavy (non-hydrogen) atoms. The van der Waals surface area contributed by atoms with Gasteiger partial charge in [-0.25, -0.2) is 22.7 Å². The normalized spacial score (nSPS) is 18.3. The zero-order chi connectivity index (χ0) is 25.8. The second-order valence-electron chi connectivity index (χ2n) is 9.12. The number of nitrogens with zero attached hydrogens (tertiary/aromatic N) is 1. The van der Waals surface area contributed by atoms with E-state index in [1.165, 1.54) is 11.0 Å². The first kappa shape index (κ1) is 27.4. The highest BCUT2D eigenvalue weighted by molar-refractivity contribution is 9.11. The van der Waals surface area contributed by atoms with Crippen LogP contribution in [0, 0.1) is 0 Å². The van der Waals surface area contributed by atoms with Crippen molar-refractivity contribution in [2.75, 3.05) is 18.4 Å². The molecule has 0 radical (unpaired) electrons. The minimum absolute atomic E-state index is 0.0829. The van der Waals surface area contributed by atoms with Crippen molar-refractivity contribution in [1.29, 1.82) is 0 Å². The Kier molecular flexibility index (Phi) is 8.84. The zero-order valence-electron chi connectivity index (χ0n) is 19.5. The van der Waals surface area contributed by atoms with Gasteiger partial charge in [0.15, 0.2) is 0 Å². The molecule has 0 unspecified atom stereocenters. The lowest BCUT2D eigenvalue weighted by atomic mass is 10.2. The average molecular weight is 632 g/mol. The second-order valence-corrected chi connectivity index (χ2v) is 12.6. The van der Waals surface area contributed by atoms with Crippen molar-refractivity contribution in [3.63, 3.8) is 0 Å². The van der Waals surface area contributed by atoms with E-state index in [0.29, 0.717) is 21.1 Å². The lowest BCUT2D eigenvalue weighted by molar-refractivity contribution is 0.0225. The molecule has 0 spiro atoms. The summed E-state index contributed by atoms with van der Waals surface area (Å²) in [5, 5.41) is 5.49. The fourth-order valence-electron chi connectivity index (χ4n) is 3.61. The van der Waals surface area contributed by atoms with Gasteiger partial charge in [-0.1, -0.05) is 34.1 Å². The number of carbonyl (C=O) groups excluding carboxylic acids is 2. The standard InChI is InChI=1S/C23H28Br2N4O5S/c1-23(2,3)34-22(31)29-14-17(28-35(32,33)20-11-15(24)9-10-19(20)25)12-18(29)13-26-21(30)27-16-7-5-4-6-8-16/h4-11,17-18,28H,12-14H2,1-3H3,(H2,26,27,30)/t17-,18-/m1/s1. The van der Waals surface area contributed by atoms with Gasteiger partial charge in [-0.2, -0.15) is 0 Å². The molecule has 0 aliphatic carbocycles. The van der Waals surface area contributed by atoms with Gasteiger partial charge in [0.05, 0.1) is 10.9 Å². The van der Waals surface area contributed by atoms with Crippen LogP contribution in [0.4, 0.5) is 15.3 Å². The van der Waals surface area contributed by atoms with Crippen molar-refractivity contribution < 1.29 is 22.7 Å². The number of hydrogen-bond acceptors (Lipinski definition) is 5. The van der Waals surface area contributed by atoms with Crippen LogP contribution in [0.3, 0.4) is 0 Å². The summed E-state index contributed by atoms with van der Waals surface area (Å²) < 4.78 is 35.4. The SMILES string of the molecule is CC(C)(C)OC(=O)N1C[C@H](NS(=O)(=O)c2cc(Br)ccc2Br)C[C@@H]1CNC(=O)Nc1ccccc1.